The van der Waals surface area contributed by atoms with Crippen LogP contribution in [0, 0.1) is 0 Å². The Morgan fingerprint density at radius 3 is 2.65 bits per heavy atom. The second-order valence-corrected chi connectivity index (χ2v) is 5.44. The number of nitrogens with zero attached hydrogens (tertiary/aromatic N) is 4. The van der Waals surface area contributed by atoms with Crippen LogP contribution in [0.1, 0.15) is 26.2 Å². The molecule has 1 N–H and O–H groups in total. The summed E-state index contributed by atoms with van der Waals surface area (Å²) in [6.45, 7) is 2.94. The van der Waals surface area contributed by atoms with Gasteiger partial charge in [0, 0.05) is 18.1 Å². The lowest BCUT2D eigenvalue weighted by Gasteiger charge is -2.05. The van der Waals surface area contributed by atoms with Gasteiger partial charge in [-0.25, -0.2) is 4.98 Å². The van der Waals surface area contributed by atoms with E-state index in [2.05, 4.69) is 22.1 Å². The fourth-order valence-electron chi connectivity index (χ4n) is 2.63. The second kappa shape index (κ2) is 7.05. The molecular formula is C18H20N4O. The lowest BCUT2D eigenvalue weighted by atomic mass is 10.2. The highest BCUT2D eigenvalue weighted by atomic mass is 16.3. The van der Waals surface area contributed by atoms with Gasteiger partial charge in [-0.1, -0.05) is 44.0 Å². The Morgan fingerprint density at radius 1 is 1.04 bits per heavy atom. The van der Waals surface area contributed by atoms with Gasteiger partial charge in [0.1, 0.15) is 0 Å². The van der Waals surface area contributed by atoms with E-state index in [4.69, 9.17) is 0 Å². The van der Waals surface area contributed by atoms with Crippen molar-refractivity contribution in [3.8, 4) is 5.88 Å². The average Bonchev–Trinajstić information content (AvgIpc) is 2.86. The van der Waals surface area contributed by atoms with Gasteiger partial charge in [0.25, 0.3) is 0 Å². The largest absolute Gasteiger partial charge is 0.493 e. The maximum Gasteiger partial charge on any atom is 0.220 e. The summed E-state index contributed by atoms with van der Waals surface area (Å²) in [5, 5.41) is 19.9. The Balaban J connectivity index is 1.99. The first-order valence-corrected chi connectivity index (χ1v) is 7.94. The Morgan fingerprint density at radius 2 is 1.87 bits per heavy atom. The van der Waals surface area contributed by atoms with Crippen LogP contribution in [0.4, 0.5) is 11.5 Å². The minimum Gasteiger partial charge on any atom is -0.493 e. The van der Waals surface area contributed by atoms with E-state index in [1.54, 1.807) is 12.3 Å². The summed E-state index contributed by atoms with van der Waals surface area (Å²) in [7, 11) is 0. The molecule has 0 spiro atoms. The molecule has 2 aromatic heterocycles. The SMILES string of the molecule is CCCCCn1c(O)c(N=Nc2ccccn2)c2ccccc21. The van der Waals surface area contributed by atoms with Crippen molar-refractivity contribution in [1.82, 2.24) is 9.55 Å². The van der Waals surface area contributed by atoms with E-state index in [1.807, 2.05) is 41.0 Å². The van der Waals surface area contributed by atoms with Gasteiger partial charge in [0.15, 0.2) is 11.5 Å². The summed E-state index contributed by atoms with van der Waals surface area (Å²) in [5.41, 5.74) is 1.49. The van der Waals surface area contributed by atoms with Crippen LogP contribution in [0.2, 0.25) is 0 Å². The number of hydrogen-bond acceptors (Lipinski definition) is 4. The summed E-state index contributed by atoms with van der Waals surface area (Å²) >= 11 is 0. The number of fused-ring (bicyclic) bond motifs is 1. The number of aromatic hydroxyl groups is 1. The van der Waals surface area contributed by atoms with Crippen LogP contribution in [-0.4, -0.2) is 14.7 Å². The maximum atomic E-state index is 10.6. The highest BCUT2D eigenvalue weighted by Gasteiger charge is 2.15. The Hall–Kier alpha value is -2.69. The molecule has 0 unspecified atom stereocenters. The number of rotatable bonds is 6. The third-order valence-electron chi connectivity index (χ3n) is 3.80. The first-order valence-electron chi connectivity index (χ1n) is 7.94. The van der Waals surface area contributed by atoms with E-state index in [9.17, 15) is 5.11 Å². The molecule has 5 heteroatoms. The summed E-state index contributed by atoms with van der Waals surface area (Å²) in [5.74, 6) is 0.691. The van der Waals surface area contributed by atoms with E-state index in [-0.39, 0.29) is 5.88 Å². The summed E-state index contributed by atoms with van der Waals surface area (Å²) in [6.07, 6.45) is 4.98. The van der Waals surface area contributed by atoms with Crippen LogP contribution >= 0.6 is 0 Å². The average molecular weight is 308 g/mol. The molecule has 0 saturated heterocycles. The van der Waals surface area contributed by atoms with E-state index in [0.29, 0.717) is 11.5 Å². The van der Waals surface area contributed by atoms with Crippen LogP contribution in [-0.2, 0) is 6.54 Å². The molecule has 0 radical (unpaired) electrons. The van der Waals surface area contributed by atoms with Crippen LogP contribution < -0.4 is 0 Å². The summed E-state index contributed by atoms with van der Waals surface area (Å²) in [6, 6.07) is 13.3. The van der Waals surface area contributed by atoms with Crippen molar-refractivity contribution in [2.45, 2.75) is 32.7 Å². The van der Waals surface area contributed by atoms with Crippen molar-refractivity contribution in [2.24, 2.45) is 10.2 Å². The highest BCUT2D eigenvalue weighted by Crippen LogP contribution is 2.39. The predicted molar refractivity (Wildman–Crippen MR) is 91.5 cm³/mol. The highest BCUT2D eigenvalue weighted by molar-refractivity contribution is 5.94. The molecule has 0 saturated carbocycles. The van der Waals surface area contributed by atoms with Crippen molar-refractivity contribution < 1.29 is 5.11 Å². The number of azo groups is 1. The molecule has 118 valence electrons. The first-order chi connectivity index (χ1) is 11.3. The molecule has 0 aliphatic heterocycles. The fraction of sp³-hybridized carbons (Fsp3) is 0.278. The number of aryl methyl sites for hydroxylation is 1. The van der Waals surface area contributed by atoms with Gasteiger partial charge in [-0.05, 0) is 24.6 Å². The van der Waals surface area contributed by atoms with Gasteiger partial charge in [0.05, 0.1) is 5.52 Å². The molecule has 3 rings (SSSR count). The number of hydrogen-bond donors (Lipinski definition) is 1. The van der Waals surface area contributed by atoms with E-state index >= 15 is 0 Å². The maximum absolute atomic E-state index is 10.6. The second-order valence-electron chi connectivity index (χ2n) is 5.44. The molecule has 0 bridgehead atoms. The zero-order valence-electron chi connectivity index (χ0n) is 13.2. The van der Waals surface area contributed by atoms with Crippen LogP contribution in [0.5, 0.6) is 5.88 Å². The Labute approximate surface area is 135 Å². The van der Waals surface area contributed by atoms with Crippen LogP contribution in [0.15, 0.2) is 58.9 Å². The zero-order chi connectivity index (χ0) is 16.1. The van der Waals surface area contributed by atoms with Crippen molar-refractivity contribution in [3.63, 3.8) is 0 Å². The Bertz CT molecular complexity index is 809. The van der Waals surface area contributed by atoms with Gasteiger partial charge in [0.2, 0.25) is 5.88 Å². The van der Waals surface area contributed by atoms with Crippen molar-refractivity contribution in [2.75, 3.05) is 0 Å². The van der Waals surface area contributed by atoms with E-state index < -0.39 is 0 Å². The van der Waals surface area contributed by atoms with Gasteiger partial charge in [-0.15, -0.1) is 10.2 Å². The molecule has 0 amide bonds. The zero-order valence-corrected chi connectivity index (χ0v) is 13.2. The lowest BCUT2D eigenvalue weighted by molar-refractivity contribution is 0.417. The van der Waals surface area contributed by atoms with Gasteiger partial charge in [-0.3, -0.25) is 0 Å². The standard InChI is InChI=1S/C18H20N4O/c1-2-3-8-13-22-15-10-5-4-9-14(15)17(18(22)23)21-20-16-11-6-7-12-19-16/h4-7,9-12,23H,2-3,8,13H2,1H3. The number of para-hydroxylation sites is 1. The quantitative estimate of drug-likeness (QED) is 0.493. The molecule has 0 atom stereocenters. The molecule has 2 heterocycles. The lowest BCUT2D eigenvalue weighted by Crippen LogP contribution is -1.96. The number of aromatic nitrogens is 2. The summed E-state index contributed by atoms with van der Waals surface area (Å²) in [4.78, 5) is 4.12. The molecule has 5 nitrogen and oxygen atoms in total. The number of unbranched alkanes of at least 4 members (excludes halogenated alkanes) is 2. The van der Waals surface area contributed by atoms with Crippen LogP contribution in [0.3, 0.4) is 0 Å². The van der Waals surface area contributed by atoms with E-state index in [0.717, 1.165) is 36.7 Å². The molecule has 3 aromatic rings. The molecule has 0 fully saturated rings. The third kappa shape index (κ3) is 3.23. The van der Waals surface area contributed by atoms with Crippen molar-refractivity contribution in [3.05, 3.63) is 48.7 Å². The van der Waals surface area contributed by atoms with Gasteiger partial charge < -0.3 is 9.67 Å². The Kier molecular flexibility index (Phi) is 4.66. The fourth-order valence-corrected chi connectivity index (χ4v) is 2.63. The monoisotopic (exact) mass is 308 g/mol. The minimum atomic E-state index is 0.169. The molecule has 0 aliphatic carbocycles. The van der Waals surface area contributed by atoms with Crippen molar-refractivity contribution >= 4 is 22.4 Å². The smallest absolute Gasteiger partial charge is 0.220 e. The molecule has 1 aromatic carbocycles. The van der Waals surface area contributed by atoms with Gasteiger partial charge >= 0.3 is 0 Å². The molecule has 23 heavy (non-hydrogen) atoms. The third-order valence-corrected chi connectivity index (χ3v) is 3.80. The topological polar surface area (TPSA) is 62.8 Å². The predicted octanol–water partition coefficient (Wildman–Crippen LogP) is 5.35. The number of benzene rings is 1. The van der Waals surface area contributed by atoms with Crippen molar-refractivity contribution in [1.29, 1.82) is 0 Å². The normalized spacial score (nSPS) is 11.5. The first kappa shape index (κ1) is 15.2. The summed E-state index contributed by atoms with van der Waals surface area (Å²) < 4.78 is 1.91. The van der Waals surface area contributed by atoms with Crippen LogP contribution in [0.25, 0.3) is 10.9 Å². The molecule has 0 aliphatic rings. The molecular weight excluding hydrogens is 288 g/mol. The van der Waals surface area contributed by atoms with E-state index in [1.165, 1.54) is 0 Å². The minimum absolute atomic E-state index is 0.169. The van der Waals surface area contributed by atoms with Gasteiger partial charge in [-0.2, -0.15) is 0 Å². The number of pyridine rings is 1.